The number of aromatic nitrogens is 2. The van der Waals surface area contributed by atoms with Crippen molar-refractivity contribution in [3.05, 3.63) is 70.3 Å². The summed E-state index contributed by atoms with van der Waals surface area (Å²) in [6, 6.07) is 14.6. The molecule has 0 N–H and O–H groups in total. The van der Waals surface area contributed by atoms with Crippen LogP contribution in [0.4, 0.5) is 0 Å². The van der Waals surface area contributed by atoms with Crippen LogP contribution in [-0.2, 0) is 9.53 Å². The van der Waals surface area contributed by atoms with Gasteiger partial charge in [-0.3, -0.25) is 4.79 Å². The minimum absolute atomic E-state index is 0.184. The first-order valence-electron chi connectivity index (χ1n) is 11.5. The van der Waals surface area contributed by atoms with Crippen LogP contribution in [0.5, 0.6) is 5.75 Å². The van der Waals surface area contributed by atoms with Crippen molar-refractivity contribution in [2.45, 2.75) is 58.0 Å². The second-order valence-corrected chi connectivity index (χ2v) is 8.55. The third kappa shape index (κ3) is 5.48. The van der Waals surface area contributed by atoms with Gasteiger partial charge >= 0.3 is 5.97 Å². The van der Waals surface area contributed by atoms with E-state index in [0.717, 1.165) is 25.7 Å². The molecule has 0 bridgehead atoms. The minimum atomic E-state index is -0.439. The highest BCUT2D eigenvalue weighted by atomic mass is 16.6. The number of esters is 1. The fraction of sp³-hybridized carbons (Fsp3) is 0.385. The molecule has 0 unspecified atom stereocenters. The van der Waals surface area contributed by atoms with Crippen molar-refractivity contribution in [2.75, 3.05) is 6.61 Å². The van der Waals surface area contributed by atoms with Crippen LogP contribution in [0.15, 0.2) is 58.4 Å². The van der Waals surface area contributed by atoms with Gasteiger partial charge in [0.1, 0.15) is 11.6 Å². The molecular weight excluding hydrogens is 418 g/mol. The lowest BCUT2D eigenvalue weighted by molar-refractivity contribution is -0.149. The second-order valence-electron chi connectivity index (χ2n) is 8.55. The molecule has 1 aromatic heterocycles. The number of nitrogens with zero attached hydrogens (tertiary/aromatic N) is 3. The van der Waals surface area contributed by atoms with Gasteiger partial charge in [0.25, 0.3) is 5.56 Å². The Balaban J connectivity index is 1.67. The third-order valence-corrected chi connectivity index (χ3v) is 5.69. The number of ether oxygens (including phenoxy) is 2. The van der Waals surface area contributed by atoms with E-state index in [9.17, 15) is 9.59 Å². The molecule has 1 fully saturated rings. The Labute approximate surface area is 193 Å². The highest BCUT2D eigenvalue weighted by molar-refractivity contribution is 5.84. The van der Waals surface area contributed by atoms with Crippen LogP contribution in [-0.4, -0.2) is 34.6 Å². The minimum Gasteiger partial charge on any atom is -0.481 e. The van der Waals surface area contributed by atoms with Crippen molar-refractivity contribution in [3.8, 4) is 5.75 Å². The van der Waals surface area contributed by atoms with Gasteiger partial charge in [-0.2, -0.15) is 9.78 Å². The van der Waals surface area contributed by atoms with Gasteiger partial charge in [0.05, 0.1) is 23.2 Å². The first-order chi connectivity index (χ1) is 16.0. The van der Waals surface area contributed by atoms with E-state index < -0.39 is 5.97 Å². The van der Waals surface area contributed by atoms with E-state index in [1.54, 1.807) is 32.2 Å². The Hall–Kier alpha value is -3.48. The average molecular weight is 448 g/mol. The first-order valence-corrected chi connectivity index (χ1v) is 11.5. The molecule has 1 saturated carbocycles. The maximum Gasteiger partial charge on any atom is 0.344 e. The first kappa shape index (κ1) is 22.7. The van der Waals surface area contributed by atoms with Crippen molar-refractivity contribution in [1.29, 1.82) is 0 Å². The van der Waals surface area contributed by atoms with E-state index in [-0.39, 0.29) is 24.2 Å². The number of hydrogen-bond acceptors (Lipinski definition) is 6. The highest BCUT2D eigenvalue weighted by Gasteiger charge is 2.22. The fourth-order valence-electron chi connectivity index (χ4n) is 4.15. The zero-order valence-electron chi connectivity index (χ0n) is 19.1. The summed E-state index contributed by atoms with van der Waals surface area (Å²) in [5, 5.41) is 5.10. The van der Waals surface area contributed by atoms with E-state index in [0.29, 0.717) is 28.0 Å². The highest BCUT2D eigenvalue weighted by Crippen LogP contribution is 2.31. The maximum absolute atomic E-state index is 13.3. The van der Waals surface area contributed by atoms with E-state index in [1.165, 1.54) is 11.1 Å². The number of carbonyl (C=O) groups excluding carboxylic acids is 1. The predicted molar refractivity (Wildman–Crippen MR) is 128 cm³/mol. The lowest BCUT2D eigenvalue weighted by Crippen LogP contribution is -2.25. The number of hydrogen-bond donors (Lipinski definition) is 0. The van der Waals surface area contributed by atoms with Crippen molar-refractivity contribution in [3.63, 3.8) is 0 Å². The van der Waals surface area contributed by atoms with Gasteiger partial charge in [-0.25, -0.2) is 9.78 Å². The van der Waals surface area contributed by atoms with Crippen molar-refractivity contribution in [1.82, 2.24) is 9.66 Å². The average Bonchev–Trinajstić information content (AvgIpc) is 2.83. The summed E-state index contributed by atoms with van der Waals surface area (Å²) in [4.78, 5) is 30.0. The van der Waals surface area contributed by atoms with Gasteiger partial charge in [0, 0.05) is 11.5 Å². The summed E-state index contributed by atoms with van der Waals surface area (Å²) in [7, 11) is 0. The number of benzene rings is 2. The van der Waals surface area contributed by atoms with Crippen LogP contribution in [0.1, 0.15) is 63.3 Å². The van der Waals surface area contributed by atoms with Gasteiger partial charge in [0.2, 0.25) is 0 Å². The molecule has 7 heteroatoms. The van der Waals surface area contributed by atoms with Crippen molar-refractivity contribution < 1.29 is 14.3 Å². The van der Waals surface area contributed by atoms with E-state index in [1.807, 2.05) is 36.4 Å². The number of rotatable bonds is 7. The van der Waals surface area contributed by atoms with Gasteiger partial charge in [-0.1, -0.05) is 43.5 Å². The van der Waals surface area contributed by atoms with E-state index >= 15 is 0 Å². The summed E-state index contributed by atoms with van der Waals surface area (Å²) in [5.74, 6) is 0.952. The lowest BCUT2D eigenvalue weighted by Gasteiger charge is -2.22. The Morgan fingerprint density at radius 2 is 1.85 bits per heavy atom. The molecule has 1 heterocycles. The molecule has 1 aliphatic rings. The number of para-hydroxylation sites is 2. The van der Waals surface area contributed by atoms with Crippen LogP contribution in [0.2, 0.25) is 0 Å². The molecule has 0 aliphatic heterocycles. The Morgan fingerprint density at radius 3 is 2.64 bits per heavy atom. The molecule has 0 amide bonds. The lowest BCUT2D eigenvalue weighted by atomic mass is 9.88. The monoisotopic (exact) mass is 447 g/mol. The molecule has 3 aromatic rings. The molecule has 2 aromatic carbocycles. The van der Waals surface area contributed by atoms with Crippen LogP contribution >= 0.6 is 0 Å². The Kier molecular flexibility index (Phi) is 7.17. The Bertz CT molecular complexity index is 1210. The summed E-state index contributed by atoms with van der Waals surface area (Å²) in [6.45, 7) is 3.38. The topological polar surface area (TPSA) is 82.8 Å². The van der Waals surface area contributed by atoms with Crippen LogP contribution in [0.25, 0.3) is 10.9 Å². The maximum atomic E-state index is 13.3. The van der Waals surface area contributed by atoms with Gasteiger partial charge in [0.15, 0.2) is 6.61 Å². The molecule has 1 aliphatic carbocycles. The van der Waals surface area contributed by atoms with Crippen molar-refractivity contribution >= 4 is 23.1 Å². The zero-order chi connectivity index (χ0) is 23.2. The van der Waals surface area contributed by atoms with E-state index in [4.69, 9.17) is 14.5 Å². The van der Waals surface area contributed by atoms with Crippen molar-refractivity contribution in [2.24, 2.45) is 5.10 Å². The normalized spacial score (nSPS) is 14.8. The fourth-order valence-corrected chi connectivity index (χ4v) is 4.15. The van der Waals surface area contributed by atoms with Gasteiger partial charge in [-0.15, -0.1) is 0 Å². The smallest absolute Gasteiger partial charge is 0.344 e. The summed E-state index contributed by atoms with van der Waals surface area (Å²) in [5.41, 5.74) is 1.17. The number of fused-ring (bicyclic) bond motifs is 1. The van der Waals surface area contributed by atoms with E-state index in [2.05, 4.69) is 5.10 Å². The summed E-state index contributed by atoms with van der Waals surface area (Å²) < 4.78 is 12.2. The largest absolute Gasteiger partial charge is 0.481 e. The molecule has 33 heavy (non-hydrogen) atoms. The second kappa shape index (κ2) is 10.4. The molecular formula is C26H29N3O4. The quantitative estimate of drug-likeness (QED) is 0.389. The van der Waals surface area contributed by atoms with Crippen LogP contribution in [0.3, 0.4) is 0 Å². The standard InChI is InChI=1S/C26H29N3O4/c1-18(2)33-24(30)17-32-23-15-9-6-12-20(23)16-27-29-25(19-10-4-3-5-11-19)28-22-14-8-7-13-21(22)26(29)31/h6-9,12-16,18-19H,3-5,10-11,17H2,1-2H3. The molecule has 4 rings (SSSR count). The molecule has 0 radical (unpaired) electrons. The van der Waals surface area contributed by atoms with Crippen LogP contribution < -0.4 is 10.3 Å². The third-order valence-electron chi connectivity index (χ3n) is 5.69. The molecule has 172 valence electrons. The summed E-state index contributed by atoms with van der Waals surface area (Å²) >= 11 is 0. The number of carbonyl (C=O) groups is 1. The molecule has 0 saturated heterocycles. The molecule has 0 spiro atoms. The molecule has 7 nitrogen and oxygen atoms in total. The van der Waals surface area contributed by atoms with Gasteiger partial charge < -0.3 is 9.47 Å². The van der Waals surface area contributed by atoms with Crippen LogP contribution in [0, 0.1) is 0 Å². The zero-order valence-corrected chi connectivity index (χ0v) is 19.1. The SMILES string of the molecule is CC(C)OC(=O)COc1ccccc1C=Nn1c(C2CCCCC2)nc2ccccc2c1=O. The summed E-state index contributed by atoms with van der Waals surface area (Å²) in [6.07, 6.45) is 6.84. The predicted octanol–water partition coefficient (Wildman–Crippen LogP) is 4.66. The van der Waals surface area contributed by atoms with Gasteiger partial charge in [-0.05, 0) is 51.0 Å². The molecule has 0 atom stereocenters. The Morgan fingerprint density at radius 1 is 1.12 bits per heavy atom.